The van der Waals surface area contributed by atoms with Crippen LogP contribution in [0.4, 0.5) is 11.8 Å². The molecule has 0 spiro atoms. The molecule has 5 rings (SSSR count). The molecule has 2 aromatic heterocycles. The SMILES string of the molecule is CC(C)n1cnc2c(NC3CCN(C(=O)COc4ccccc4)CC3)nc(NC3CCC(N)CC3)nc21. The molecular weight excluding hydrogens is 468 g/mol. The van der Waals surface area contributed by atoms with Crippen LogP contribution < -0.4 is 21.1 Å². The highest BCUT2D eigenvalue weighted by Crippen LogP contribution is 2.27. The number of nitrogens with two attached hydrogens (primary N) is 1. The van der Waals surface area contributed by atoms with Gasteiger partial charge in [0.1, 0.15) is 5.75 Å². The number of benzene rings is 1. The van der Waals surface area contributed by atoms with Crippen molar-refractivity contribution in [2.24, 2.45) is 5.73 Å². The Balaban J connectivity index is 1.24. The molecule has 4 N–H and O–H groups in total. The maximum atomic E-state index is 12.7. The minimum Gasteiger partial charge on any atom is -0.484 e. The molecule has 37 heavy (non-hydrogen) atoms. The van der Waals surface area contributed by atoms with Gasteiger partial charge in [0, 0.05) is 37.3 Å². The van der Waals surface area contributed by atoms with E-state index in [1.54, 1.807) is 0 Å². The highest BCUT2D eigenvalue weighted by atomic mass is 16.5. The Hall–Kier alpha value is -3.40. The summed E-state index contributed by atoms with van der Waals surface area (Å²) in [5.74, 6) is 2.10. The van der Waals surface area contributed by atoms with Crippen molar-refractivity contribution >= 4 is 28.8 Å². The van der Waals surface area contributed by atoms with Gasteiger partial charge < -0.3 is 30.6 Å². The summed E-state index contributed by atoms with van der Waals surface area (Å²) in [6.07, 6.45) is 7.58. The first kappa shape index (κ1) is 25.3. The zero-order chi connectivity index (χ0) is 25.8. The summed E-state index contributed by atoms with van der Waals surface area (Å²) in [5.41, 5.74) is 7.70. The van der Waals surface area contributed by atoms with E-state index in [9.17, 15) is 4.79 Å². The first-order valence-electron chi connectivity index (χ1n) is 13.4. The predicted octanol–water partition coefficient (Wildman–Crippen LogP) is 3.57. The van der Waals surface area contributed by atoms with Crippen molar-refractivity contribution in [3.05, 3.63) is 36.7 Å². The summed E-state index contributed by atoms with van der Waals surface area (Å²) < 4.78 is 7.73. The van der Waals surface area contributed by atoms with E-state index in [4.69, 9.17) is 20.4 Å². The van der Waals surface area contributed by atoms with E-state index in [2.05, 4.69) is 34.0 Å². The van der Waals surface area contributed by atoms with Crippen molar-refractivity contribution in [1.29, 1.82) is 0 Å². The predicted molar refractivity (Wildman–Crippen MR) is 145 cm³/mol. The molecule has 0 bridgehead atoms. The third-order valence-electron chi connectivity index (χ3n) is 7.38. The van der Waals surface area contributed by atoms with Crippen molar-refractivity contribution in [3.63, 3.8) is 0 Å². The van der Waals surface area contributed by atoms with Crippen LogP contribution in [0.3, 0.4) is 0 Å². The molecule has 10 nitrogen and oxygen atoms in total. The average Bonchev–Trinajstić information content (AvgIpc) is 3.34. The number of hydrogen-bond donors (Lipinski definition) is 3. The van der Waals surface area contributed by atoms with Crippen LogP contribution in [0.25, 0.3) is 11.2 Å². The van der Waals surface area contributed by atoms with E-state index in [1.807, 2.05) is 41.6 Å². The van der Waals surface area contributed by atoms with Crippen LogP contribution in [-0.4, -0.2) is 68.1 Å². The Kier molecular flexibility index (Phi) is 7.73. The second-order valence-electron chi connectivity index (χ2n) is 10.5. The number of likely N-dealkylation sites (tertiary alicyclic amines) is 1. The Labute approximate surface area is 218 Å². The number of piperidine rings is 1. The molecule has 0 unspecified atom stereocenters. The zero-order valence-electron chi connectivity index (χ0n) is 21.8. The van der Waals surface area contributed by atoms with Crippen molar-refractivity contribution in [2.45, 2.75) is 76.5 Å². The number of fused-ring (bicyclic) bond motifs is 1. The highest BCUT2D eigenvalue weighted by Gasteiger charge is 2.26. The maximum Gasteiger partial charge on any atom is 0.260 e. The third-order valence-corrected chi connectivity index (χ3v) is 7.38. The molecule has 0 atom stereocenters. The summed E-state index contributed by atoms with van der Waals surface area (Å²) >= 11 is 0. The van der Waals surface area contributed by atoms with Gasteiger partial charge in [-0.2, -0.15) is 9.97 Å². The molecule has 198 valence electrons. The molecule has 2 fully saturated rings. The van der Waals surface area contributed by atoms with Crippen LogP contribution in [0.15, 0.2) is 36.7 Å². The van der Waals surface area contributed by atoms with Crippen LogP contribution in [0.5, 0.6) is 5.75 Å². The fourth-order valence-electron chi connectivity index (χ4n) is 5.13. The zero-order valence-corrected chi connectivity index (χ0v) is 21.8. The van der Waals surface area contributed by atoms with Gasteiger partial charge in [0.25, 0.3) is 5.91 Å². The standard InChI is InChI=1S/C27H38N8O2/c1-18(2)35-17-29-24-25(32-27(33-26(24)35)31-20-10-8-19(28)9-11-20)30-21-12-14-34(15-13-21)23(36)16-37-22-6-4-3-5-7-22/h3-7,17-21H,8-16,28H2,1-2H3,(H2,30,31,32,33). The average molecular weight is 507 g/mol. The number of carbonyl (C=O) groups is 1. The van der Waals surface area contributed by atoms with E-state index in [0.29, 0.717) is 36.9 Å². The largest absolute Gasteiger partial charge is 0.484 e. The number of para-hydroxylation sites is 1. The lowest BCUT2D eigenvalue weighted by Crippen LogP contribution is -2.44. The lowest BCUT2D eigenvalue weighted by molar-refractivity contribution is -0.134. The molecule has 1 amide bonds. The van der Waals surface area contributed by atoms with Gasteiger partial charge in [-0.3, -0.25) is 4.79 Å². The Morgan fingerprint density at radius 3 is 2.43 bits per heavy atom. The number of nitrogens with one attached hydrogen (secondary N) is 2. The monoisotopic (exact) mass is 506 g/mol. The molecule has 1 aliphatic heterocycles. The van der Waals surface area contributed by atoms with Crippen molar-refractivity contribution in [3.8, 4) is 5.75 Å². The number of amides is 1. The first-order chi connectivity index (χ1) is 18.0. The summed E-state index contributed by atoms with van der Waals surface area (Å²) in [5, 5.41) is 7.17. The normalized spacial score (nSPS) is 20.8. The molecule has 3 heterocycles. The van der Waals surface area contributed by atoms with Gasteiger partial charge in [0.2, 0.25) is 5.95 Å². The molecule has 10 heteroatoms. The fraction of sp³-hybridized carbons (Fsp3) is 0.556. The smallest absolute Gasteiger partial charge is 0.260 e. The molecule has 3 aromatic rings. The lowest BCUT2D eigenvalue weighted by atomic mass is 9.92. The molecular formula is C27H38N8O2. The summed E-state index contributed by atoms with van der Waals surface area (Å²) in [6, 6.07) is 10.5. The topological polar surface area (TPSA) is 123 Å². The Bertz CT molecular complexity index is 1180. The number of rotatable bonds is 8. The Morgan fingerprint density at radius 2 is 1.73 bits per heavy atom. The van der Waals surface area contributed by atoms with E-state index in [0.717, 1.165) is 55.5 Å². The van der Waals surface area contributed by atoms with Gasteiger partial charge in [-0.15, -0.1) is 0 Å². The second-order valence-corrected chi connectivity index (χ2v) is 10.5. The quantitative estimate of drug-likeness (QED) is 0.424. The minimum absolute atomic E-state index is 0.0149. The van der Waals surface area contributed by atoms with E-state index < -0.39 is 0 Å². The van der Waals surface area contributed by atoms with Crippen molar-refractivity contribution in [2.75, 3.05) is 30.3 Å². The molecule has 1 aliphatic carbocycles. The number of anilines is 2. The van der Waals surface area contributed by atoms with Gasteiger partial charge in [0.15, 0.2) is 23.6 Å². The van der Waals surface area contributed by atoms with Crippen LogP contribution >= 0.6 is 0 Å². The van der Waals surface area contributed by atoms with Crippen LogP contribution in [0, 0.1) is 0 Å². The molecule has 1 saturated carbocycles. The number of imidazole rings is 1. The second kappa shape index (κ2) is 11.3. The number of carbonyl (C=O) groups excluding carboxylic acids is 1. The number of nitrogens with zero attached hydrogens (tertiary/aromatic N) is 5. The van der Waals surface area contributed by atoms with E-state index in [-0.39, 0.29) is 24.6 Å². The van der Waals surface area contributed by atoms with Gasteiger partial charge in [-0.05, 0) is 64.5 Å². The summed E-state index contributed by atoms with van der Waals surface area (Å²) in [6.45, 7) is 5.66. The van der Waals surface area contributed by atoms with Crippen LogP contribution in [0.1, 0.15) is 58.4 Å². The number of aromatic nitrogens is 4. The van der Waals surface area contributed by atoms with Gasteiger partial charge in [-0.1, -0.05) is 18.2 Å². The molecule has 2 aliphatic rings. The van der Waals surface area contributed by atoms with Gasteiger partial charge >= 0.3 is 0 Å². The highest BCUT2D eigenvalue weighted by molar-refractivity contribution is 5.84. The molecule has 0 radical (unpaired) electrons. The fourth-order valence-corrected chi connectivity index (χ4v) is 5.13. The van der Waals surface area contributed by atoms with Crippen LogP contribution in [-0.2, 0) is 4.79 Å². The summed E-state index contributed by atoms with van der Waals surface area (Å²) in [7, 11) is 0. The minimum atomic E-state index is 0.0149. The van der Waals surface area contributed by atoms with E-state index in [1.165, 1.54) is 0 Å². The molecule has 1 aromatic carbocycles. The maximum absolute atomic E-state index is 12.7. The van der Waals surface area contributed by atoms with E-state index >= 15 is 0 Å². The van der Waals surface area contributed by atoms with Gasteiger partial charge in [-0.25, -0.2) is 4.98 Å². The number of ether oxygens (including phenoxy) is 1. The van der Waals surface area contributed by atoms with Crippen molar-refractivity contribution < 1.29 is 9.53 Å². The third kappa shape index (κ3) is 6.12. The first-order valence-corrected chi connectivity index (χ1v) is 13.4. The Morgan fingerprint density at radius 1 is 1.03 bits per heavy atom. The lowest BCUT2D eigenvalue weighted by Gasteiger charge is -2.32. The van der Waals surface area contributed by atoms with Gasteiger partial charge in [0.05, 0.1) is 6.33 Å². The number of hydrogen-bond acceptors (Lipinski definition) is 8. The summed E-state index contributed by atoms with van der Waals surface area (Å²) in [4.78, 5) is 28.9. The van der Waals surface area contributed by atoms with Crippen LogP contribution in [0.2, 0.25) is 0 Å². The van der Waals surface area contributed by atoms with Crippen molar-refractivity contribution in [1.82, 2.24) is 24.4 Å². The molecule has 1 saturated heterocycles.